The fraction of sp³-hybridized carbons (Fsp3) is 0.286. The highest BCUT2D eigenvalue weighted by Gasteiger charge is 2.25. The van der Waals surface area contributed by atoms with Gasteiger partial charge in [-0.3, -0.25) is 4.98 Å². The fourth-order valence-electron chi connectivity index (χ4n) is 3.58. The standard InChI is InChI=1S/C21H22N2O3S/c1-16-14-23(11-12-27(24,25)15-16)21-9-10-22-20-8-7-18(13-19(20)21)26-17-5-3-2-4-6-17/h2-10,13,16H,11-12,14-15H2,1H3. The van der Waals surface area contributed by atoms with Crippen LogP contribution in [0.5, 0.6) is 11.5 Å². The highest BCUT2D eigenvalue weighted by atomic mass is 32.2. The minimum Gasteiger partial charge on any atom is -0.457 e. The first kappa shape index (κ1) is 17.8. The summed E-state index contributed by atoms with van der Waals surface area (Å²) in [6.07, 6.45) is 1.78. The van der Waals surface area contributed by atoms with Gasteiger partial charge in [0.25, 0.3) is 0 Å². The highest BCUT2D eigenvalue weighted by Crippen LogP contribution is 2.32. The Morgan fingerprint density at radius 1 is 1.07 bits per heavy atom. The summed E-state index contributed by atoms with van der Waals surface area (Å²) in [6, 6.07) is 17.4. The van der Waals surface area contributed by atoms with Crippen molar-refractivity contribution in [2.75, 3.05) is 29.5 Å². The van der Waals surface area contributed by atoms with E-state index in [1.807, 2.05) is 61.5 Å². The molecule has 1 aliphatic rings. The predicted octanol–water partition coefficient (Wildman–Crippen LogP) is 3.90. The van der Waals surface area contributed by atoms with Gasteiger partial charge >= 0.3 is 0 Å². The molecule has 1 unspecified atom stereocenters. The zero-order chi connectivity index (χ0) is 18.9. The third-order valence-corrected chi connectivity index (χ3v) is 6.63. The Balaban J connectivity index is 1.71. The van der Waals surface area contributed by atoms with Gasteiger partial charge in [-0.15, -0.1) is 0 Å². The Kier molecular flexibility index (Phi) is 4.74. The zero-order valence-corrected chi connectivity index (χ0v) is 16.0. The average molecular weight is 382 g/mol. The summed E-state index contributed by atoms with van der Waals surface area (Å²) in [4.78, 5) is 6.61. The van der Waals surface area contributed by atoms with Gasteiger partial charge in [0.2, 0.25) is 0 Å². The van der Waals surface area contributed by atoms with Crippen LogP contribution >= 0.6 is 0 Å². The number of sulfone groups is 1. The molecule has 0 spiro atoms. The summed E-state index contributed by atoms with van der Waals surface area (Å²) >= 11 is 0. The van der Waals surface area contributed by atoms with Crippen LogP contribution in [0.15, 0.2) is 60.8 Å². The second kappa shape index (κ2) is 7.19. The van der Waals surface area contributed by atoms with Crippen molar-refractivity contribution in [3.63, 3.8) is 0 Å². The maximum atomic E-state index is 12.1. The minimum atomic E-state index is -2.99. The topological polar surface area (TPSA) is 59.5 Å². The van der Waals surface area contributed by atoms with Gasteiger partial charge in [0, 0.05) is 30.4 Å². The van der Waals surface area contributed by atoms with Gasteiger partial charge in [-0.1, -0.05) is 25.1 Å². The SMILES string of the molecule is CC1CN(c2ccnc3ccc(Oc4ccccc4)cc23)CCS(=O)(=O)C1. The molecule has 0 saturated carbocycles. The van der Waals surface area contributed by atoms with Gasteiger partial charge in [0.15, 0.2) is 9.84 Å². The second-order valence-electron chi connectivity index (χ2n) is 7.09. The van der Waals surface area contributed by atoms with Crippen LogP contribution in [0, 0.1) is 5.92 Å². The van der Waals surface area contributed by atoms with Gasteiger partial charge in [0.05, 0.1) is 17.0 Å². The third-order valence-electron chi connectivity index (χ3n) is 4.75. The molecule has 0 amide bonds. The fourth-order valence-corrected chi connectivity index (χ4v) is 5.22. The number of para-hydroxylation sites is 1. The van der Waals surface area contributed by atoms with E-state index in [0.29, 0.717) is 13.1 Å². The van der Waals surface area contributed by atoms with E-state index in [0.717, 1.165) is 28.1 Å². The van der Waals surface area contributed by atoms with Gasteiger partial charge in [0.1, 0.15) is 11.5 Å². The van der Waals surface area contributed by atoms with Crippen molar-refractivity contribution >= 4 is 26.4 Å². The summed E-state index contributed by atoms with van der Waals surface area (Å²) in [6.45, 7) is 3.20. The Bertz CT molecular complexity index is 1050. The van der Waals surface area contributed by atoms with Crippen molar-refractivity contribution in [3.8, 4) is 11.5 Å². The van der Waals surface area contributed by atoms with Gasteiger partial charge < -0.3 is 9.64 Å². The molecule has 2 heterocycles. The predicted molar refractivity (Wildman–Crippen MR) is 108 cm³/mol. The molecule has 0 aliphatic carbocycles. The largest absolute Gasteiger partial charge is 0.457 e. The van der Waals surface area contributed by atoms with E-state index in [1.165, 1.54) is 0 Å². The number of benzene rings is 2. The maximum absolute atomic E-state index is 12.1. The zero-order valence-electron chi connectivity index (χ0n) is 15.2. The number of aromatic nitrogens is 1. The maximum Gasteiger partial charge on any atom is 0.152 e. The van der Waals surface area contributed by atoms with Crippen molar-refractivity contribution in [1.29, 1.82) is 0 Å². The molecule has 2 aromatic carbocycles. The van der Waals surface area contributed by atoms with Crippen molar-refractivity contribution in [1.82, 2.24) is 4.98 Å². The number of nitrogens with zero attached hydrogens (tertiary/aromatic N) is 2. The summed E-state index contributed by atoms with van der Waals surface area (Å²) in [7, 11) is -2.99. The van der Waals surface area contributed by atoms with E-state index in [4.69, 9.17) is 4.74 Å². The van der Waals surface area contributed by atoms with Crippen LogP contribution in [-0.2, 0) is 9.84 Å². The molecule has 27 heavy (non-hydrogen) atoms. The smallest absolute Gasteiger partial charge is 0.152 e. The molecular weight excluding hydrogens is 360 g/mol. The lowest BCUT2D eigenvalue weighted by Gasteiger charge is -2.25. The lowest BCUT2D eigenvalue weighted by molar-refractivity contribution is 0.483. The average Bonchev–Trinajstić information content (AvgIpc) is 2.79. The number of hydrogen-bond acceptors (Lipinski definition) is 5. The third kappa shape index (κ3) is 4.06. The van der Waals surface area contributed by atoms with Crippen molar-refractivity contribution in [2.24, 2.45) is 5.92 Å². The molecule has 0 radical (unpaired) electrons. The molecule has 5 nitrogen and oxygen atoms in total. The number of anilines is 1. The van der Waals surface area contributed by atoms with E-state index >= 15 is 0 Å². The van der Waals surface area contributed by atoms with Crippen molar-refractivity contribution in [3.05, 3.63) is 60.8 Å². The Labute approximate surface area is 159 Å². The van der Waals surface area contributed by atoms with Crippen LogP contribution in [0.3, 0.4) is 0 Å². The molecule has 1 fully saturated rings. The highest BCUT2D eigenvalue weighted by molar-refractivity contribution is 7.91. The Morgan fingerprint density at radius 2 is 1.89 bits per heavy atom. The van der Waals surface area contributed by atoms with E-state index in [1.54, 1.807) is 6.20 Å². The van der Waals surface area contributed by atoms with Gasteiger partial charge in [-0.05, 0) is 42.3 Å². The number of ether oxygens (including phenoxy) is 1. The first-order chi connectivity index (χ1) is 13.0. The second-order valence-corrected chi connectivity index (χ2v) is 9.32. The Morgan fingerprint density at radius 3 is 2.70 bits per heavy atom. The quantitative estimate of drug-likeness (QED) is 0.688. The van der Waals surface area contributed by atoms with E-state index < -0.39 is 9.84 Å². The van der Waals surface area contributed by atoms with Crippen LogP contribution in [0.2, 0.25) is 0 Å². The van der Waals surface area contributed by atoms with Crippen LogP contribution in [0.1, 0.15) is 6.92 Å². The first-order valence-corrected chi connectivity index (χ1v) is 10.9. The van der Waals surface area contributed by atoms with E-state index in [9.17, 15) is 8.42 Å². The molecule has 4 rings (SSSR count). The molecule has 3 aromatic rings. The number of hydrogen-bond donors (Lipinski definition) is 0. The van der Waals surface area contributed by atoms with E-state index in [-0.39, 0.29) is 17.4 Å². The monoisotopic (exact) mass is 382 g/mol. The molecule has 1 aliphatic heterocycles. The number of pyridine rings is 1. The summed E-state index contributed by atoms with van der Waals surface area (Å²) in [5, 5.41) is 0.970. The summed E-state index contributed by atoms with van der Waals surface area (Å²) < 4.78 is 30.2. The van der Waals surface area contributed by atoms with Crippen LogP contribution in [0.4, 0.5) is 5.69 Å². The minimum absolute atomic E-state index is 0.0875. The van der Waals surface area contributed by atoms with Crippen LogP contribution in [-0.4, -0.2) is 38.0 Å². The lowest BCUT2D eigenvalue weighted by Crippen LogP contribution is -2.29. The molecule has 1 saturated heterocycles. The molecule has 6 heteroatoms. The van der Waals surface area contributed by atoms with Crippen LogP contribution in [0.25, 0.3) is 10.9 Å². The normalized spacial score (nSPS) is 19.6. The summed E-state index contributed by atoms with van der Waals surface area (Å²) in [5.74, 6) is 2.02. The van der Waals surface area contributed by atoms with Crippen LogP contribution < -0.4 is 9.64 Å². The molecule has 0 N–H and O–H groups in total. The van der Waals surface area contributed by atoms with Crippen molar-refractivity contribution in [2.45, 2.75) is 6.92 Å². The molecule has 140 valence electrons. The van der Waals surface area contributed by atoms with Crippen molar-refractivity contribution < 1.29 is 13.2 Å². The lowest BCUT2D eigenvalue weighted by atomic mass is 10.1. The van der Waals surface area contributed by atoms with Gasteiger partial charge in [-0.2, -0.15) is 0 Å². The van der Waals surface area contributed by atoms with E-state index in [2.05, 4.69) is 9.88 Å². The molecule has 1 atom stereocenters. The molecule has 1 aromatic heterocycles. The number of fused-ring (bicyclic) bond motifs is 1. The van der Waals surface area contributed by atoms with Gasteiger partial charge in [-0.25, -0.2) is 8.42 Å². The first-order valence-electron chi connectivity index (χ1n) is 9.07. The summed E-state index contributed by atoms with van der Waals surface area (Å²) in [5.41, 5.74) is 1.87. The Hall–Kier alpha value is -2.60. The number of rotatable bonds is 3. The molecular formula is C21H22N2O3S. The molecule has 0 bridgehead atoms.